The molecule has 3 heteroatoms. The van der Waals surface area contributed by atoms with Gasteiger partial charge in [-0.15, -0.1) is 0 Å². The second-order valence-electron chi connectivity index (χ2n) is 2.44. The van der Waals surface area contributed by atoms with Gasteiger partial charge in [-0.1, -0.05) is 12.1 Å². The molecule has 0 bridgehead atoms. The number of aliphatic hydroxyl groups excluding tert-OH is 1. The van der Waals surface area contributed by atoms with Crippen LogP contribution in [0.2, 0.25) is 0 Å². The number of nitrogens with two attached hydrogens (primary N) is 1. The smallest absolute Gasteiger partial charge is 0.0682 e. The number of hydrogen-bond donors (Lipinski definition) is 2. The Bertz CT molecular complexity index is 235. The first kappa shape index (κ1) is 8.04. The average Bonchev–Trinajstić information content (AvgIpc) is 2.05. The molecule has 60 valence electrons. The highest BCUT2D eigenvalue weighted by Crippen LogP contribution is 2.11. The van der Waals surface area contributed by atoms with E-state index in [9.17, 15) is 0 Å². The van der Waals surface area contributed by atoms with Crippen molar-refractivity contribution in [3.8, 4) is 0 Å². The van der Waals surface area contributed by atoms with Crippen LogP contribution in [0.3, 0.4) is 0 Å². The van der Waals surface area contributed by atoms with Crippen LogP contribution >= 0.6 is 0 Å². The van der Waals surface area contributed by atoms with Gasteiger partial charge in [0, 0.05) is 7.05 Å². The first-order chi connectivity index (χ1) is 5.24. The van der Waals surface area contributed by atoms with Crippen molar-refractivity contribution in [1.29, 1.82) is 0 Å². The molecule has 0 spiro atoms. The van der Waals surface area contributed by atoms with Crippen molar-refractivity contribution < 1.29 is 5.11 Å². The maximum absolute atomic E-state index is 8.78. The van der Waals surface area contributed by atoms with E-state index >= 15 is 0 Å². The van der Waals surface area contributed by atoms with Crippen LogP contribution in [0, 0.1) is 0 Å². The normalized spacial score (nSPS) is 9.73. The molecule has 0 unspecified atom stereocenters. The Morgan fingerprint density at radius 2 is 2.27 bits per heavy atom. The van der Waals surface area contributed by atoms with E-state index in [1.54, 1.807) is 7.05 Å². The van der Waals surface area contributed by atoms with Crippen molar-refractivity contribution in [3.05, 3.63) is 29.8 Å². The van der Waals surface area contributed by atoms with Crippen LogP contribution in [-0.4, -0.2) is 12.2 Å². The van der Waals surface area contributed by atoms with Gasteiger partial charge in [-0.2, -0.15) is 0 Å². The number of aliphatic hydroxyl groups is 1. The minimum absolute atomic E-state index is 0.0572. The lowest BCUT2D eigenvalue weighted by Gasteiger charge is -2.12. The summed E-state index contributed by atoms with van der Waals surface area (Å²) < 4.78 is 0. The van der Waals surface area contributed by atoms with E-state index < -0.39 is 0 Å². The van der Waals surface area contributed by atoms with E-state index in [1.807, 2.05) is 24.3 Å². The molecule has 0 fully saturated rings. The van der Waals surface area contributed by atoms with Crippen LogP contribution in [0.1, 0.15) is 5.56 Å². The van der Waals surface area contributed by atoms with Gasteiger partial charge in [0.25, 0.3) is 0 Å². The molecule has 0 radical (unpaired) electrons. The largest absolute Gasteiger partial charge is 0.392 e. The van der Waals surface area contributed by atoms with Crippen LogP contribution in [0.25, 0.3) is 0 Å². The monoisotopic (exact) mass is 152 g/mol. The van der Waals surface area contributed by atoms with Gasteiger partial charge in [-0.3, -0.25) is 0 Å². The highest BCUT2D eigenvalue weighted by atomic mass is 16.3. The number of nitrogens with zero attached hydrogens (tertiary/aromatic N) is 1. The van der Waals surface area contributed by atoms with Crippen molar-refractivity contribution in [2.45, 2.75) is 6.61 Å². The minimum Gasteiger partial charge on any atom is -0.392 e. The Labute approximate surface area is 66.0 Å². The zero-order valence-corrected chi connectivity index (χ0v) is 6.49. The average molecular weight is 152 g/mol. The van der Waals surface area contributed by atoms with Crippen LogP contribution in [0.15, 0.2) is 24.3 Å². The predicted molar refractivity (Wildman–Crippen MR) is 45.0 cm³/mol. The quantitative estimate of drug-likeness (QED) is 0.479. The first-order valence-electron chi connectivity index (χ1n) is 3.42. The lowest BCUT2D eigenvalue weighted by atomic mass is 10.2. The van der Waals surface area contributed by atoms with Crippen LogP contribution < -0.4 is 10.9 Å². The van der Waals surface area contributed by atoms with Crippen molar-refractivity contribution in [2.24, 2.45) is 5.84 Å². The summed E-state index contributed by atoms with van der Waals surface area (Å²) in [4.78, 5) is 0. The predicted octanol–water partition coefficient (Wildman–Crippen LogP) is 0.489. The molecule has 0 saturated carbocycles. The third kappa shape index (κ3) is 1.93. The molecule has 0 aliphatic carbocycles. The fourth-order valence-corrected chi connectivity index (χ4v) is 0.874. The highest BCUT2D eigenvalue weighted by molar-refractivity contribution is 5.46. The molecule has 1 aromatic carbocycles. The van der Waals surface area contributed by atoms with E-state index in [0.29, 0.717) is 0 Å². The van der Waals surface area contributed by atoms with Gasteiger partial charge in [0.2, 0.25) is 0 Å². The molecule has 0 aromatic heterocycles. The highest BCUT2D eigenvalue weighted by Gasteiger charge is 1.95. The molecule has 0 atom stereocenters. The van der Waals surface area contributed by atoms with Crippen molar-refractivity contribution in [3.63, 3.8) is 0 Å². The van der Waals surface area contributed by atoms with Crippen LogP contribution in [0.4, 0.5) is 5.69 Å². The number of benzene rings is 1. The topological polar surface area (TPSA) is 49.5 Å². The summed E-state index contributed by atoms with van der Waals surface area (Å²) >= 11 is 0. The van der Waals surface area contributed by atoms with Gasteiger partial charge in [-0.05, 0) is 17.7 Å². The zero-order chi connectivity index (χ0) is 8.27. The fourth-order valence-electron chi connectivity index (χ4n) is 0.874. The third-order valence-electron chi connectivity index (χ3n) is 1.50. The summed E-state index contributed by atoms with van der Waals surface area (Å²) in [5.74, 6) is 5.49. The number of hydrazine groups is 1. The molecule has 0 aliphatic rings. The second kappa shape index (κ2) is 3.37. The van der Waals surface area contributed by atoms with Gasteiger partial charge in [-0.25, -0.2) is 5.84 Å². The molecule has 3 N–H and O–H groups in total. The molecule has 0 amide bonds. The standard InChI is InChI=1S/C8H12N2O/c1-10(9)8-4-2-3-7(5-8)6-11/h2-5,11H,6,9H2,1H3. The molecule has 1 aromatic rings. The zero-order valence-electron chi connectivity index (χ0n) is 6.49. The summed E-state index contributed by atoms with van der Waals surface area (Å²) in [5.41, 5.74) is 1.77. The van der Waals surface area contributed by atoms with Gasteiger partial charge < -0.3 is 10.1 Å². The van der Waals surface area contributed by atoms with Gasteiger partial charge in [0.05, 0.1) is 12.3 Å². The first-order valence-corrected chi connectivity index (χ1v) is 3.42. The van der Waals surface area contributed by atoms with Crippen molar-refractivity contribution in [1.82, 2.24) is 0 Å². The van der Waals surface area contributed by atoms with Crippen molar-refractivity contribution in [2.75, 3.05) is 12.1 Å². The Morgan fingerprint density at radius 1 is 1.55 bits per heavy atom. The molecular formula is C8H12N2O. The third-order valence-corrected chi connectivity index (χ3v) is 1.50. The molecule has 11 heavy (non-hydrogen) atoms. The summed E-state index contributed by atoms with van der Waals surface area (Å²) in [6.07, 6.45) is 0. The maximum Gasteiger partial charge on any atom is 0.0682 e. The number of hydrogen-bond acceptors (Lipinski definition) is 3. The fraction of sp³-hybridized carbons (Fsp3) is 0.250. The van der Waals surface area contributed by atoms with Crippen LogP contribution in [0.5, 0.6) is 0 Å². The lowest BCUT2D eigenvalue weighted by Crippen LogP contribution is -2.24. The van der Waals surface area contributed by atoms with E-state index in [4.69, 9.17) is 10.9 Å². The molecular weight excluding hydrogens is 140 g/mol. The number of anilines is 1. The lowest BCUT2D eigenvalue weighted by molar-refractivity contribution is 0.282. The molecule has 0 heterocycles. The van der Waals surface area contributed by atoms with E-state index in [0.717, 1.165) is 11.3 Å². The Morgan fingerprint density at radius 3 is 2.82 bits per heavy atom. The molecule has 3 nitrogen and oxygen atoms in total. The Hall–Kier alpha value is -1.06. The van der Waals surface area contributed by atoms with Crippen LogP contribution in [-0.2, 0) is 6.61 Å². The minimum atomic E-state index is 0.0572. The molecule has 0 aliphatic heterocycles. The van der Waals surface area contributed by atoms with E-state index in [2.05, 4.69) is 0 Å². The van der Waals surface area contributed by atoms with Gasteiger partial charge in [0.1, 0.15) is 0 Å². The Balaban J connectivity index is 2.91. The second-order valence-corrected chi connectivity index (χ2v) is 2.44. The van der Waals surface area contributed by atoms with E-state index in [-0.39, 0.29) is 6.61 Å². The summed E-state index contributed by atoms with van der Waals surface area (Å²) in [5, 5.41) is 10.3. The van der Waals surface area contributed by atoms with Crippen molar-refractivity contribution >= 4 is 5.69 Å². The Kier molecular flexibility index (Phi) is 2.46. The summed E-state index contributed by atoms with van der Waals surface area (Å²) in [6.45, 7) is 0.0572. The maximum atomic E-state index is 8.78. The molecule has 1 rings (SSSR count). The van der Waals surface area contributed by atoms with Gasteiger partial charge in [0.15, 0.2) is 0 Å². The van der Waals surface area contributed by atoms with Gasteiger partial charge >= 0.3 is 0 Å². The number of rotatable bonds is 2. The molecule has 0 saturated heterocycles. The van der Waals surface area contributed by atoms with E-state index in [1.165, 1.54) is 5.01 Å². The SMILES string of the molecule is CN(N)c1cccc(CO)c1. The summed E-state index contributed by atoms with van der Waals surface area (Å²) in [7, 11) is 1.76. The summed E-state index contributed by atoms with van der Waals surface area (Å²) in [6, 6.07) is 7.45.